The zero-order valence-corrected chi connectivity index (χ0v) is 9.18. The monoisotopic (exact) mass is 229 g/mol. The zero-order valence-electron chi connectivity index (χ0n) is 7.67. The van der Waals surface area contributed by atoms with Gasteiger partial charge in [0.1, 0.15) is 5.15 Å². The lowest BCUT2D eigenvalue weighted by molar-refractivity contribution is 0.810. The van der Waals surface area contributed by atoms with Gasteiger partial charge < -0.3 is 0 Å². The van der Waals surface area contributed by atoms with Crippen LogP contribution in [0.1, 0.15) is 19.0 Å². The Labute approximate surface area is 91.7 Å². The summed E-state index contributed by atoms with van der Waals surface area (Å²) in [6.07, 6.45) is 3.55. The van der Waals surface area contributed by atoms with Gasteiger partial charge in [0.25, 0.3) is 0 Å². The lowest BCUT2D eigenvalue weighted by Gasteiger charge is -2.01. The SMILES string of the molecule is CCCc1nn2cc(Cl)nc2cc1Cl. The maximum atomic E-state index is 6.03. The van der Waals surface area contributed by atoms with Crippen LogP contribution in [0.2, 0.25) is 10.2 Å². The molecule has 0 spiro atoms. The molecule has 0 unspecified atom stereocenters. The van der Waals surface area contributed by atoms with Crippen molar-refractivity contribution in [1.29, 1.82) is 0 Å². The molecule has 2 rings (SSSR count). The van der Waals surface area contributed by atoms with Crippen molar-refractivity contribution in [3.8, 4) is 0 Å². The van der Waals surface area contributed by atoms with E-state index in [0.717, 1.165) is 18.5 Å². The number of hydrogen-bond donors (Lipinski definition) is 0. The summed E-state index contributed by atoms with van der Waals surface area (Å²) >= 11 is 11.8. The van der Waals surface area contributed by atoms with Crippen LogP contribution in [-0.2, 0) is 6.42 Å². The van der Waals surface area contributed by atoms with Gasteiger partial charge in [-0.2, -0.15) is 5.10 Å². The van der Waals surface area contributed by atoms with Crippen molar-refractivity contribution in [2.24, 2.45) is 0 Å². The van der Waals surface area contributed by atoms with Crippen LogP contribution in [0.25, 0.3) is 5.65 Å². The van der Waals surface area contributed by atoms with Crippen LogP contribution in [0.3, 0.4) is 0 Å². The summed E-state index contributed by atoms with van der Waals surface area (Å²) < 4.78 is 1.65. The van der Waals surface area contributed by atoms with Gasteiger partial charge in [-0.1, -0.05) is 36.5 Å². The zero-order chi connectivity index (χ0) is 10.1. The Bertz CT molecular complexity index is 464. The van der Waals surface area contributed by atoms with Crippen molar-refractivity contribution in [3.05, 3.63) is 28.1 Å². The first-order valence-corrected chi connectivity index (χ1v) is 5.16. The van der Waals surface area contributed by atoms with E-state index in [2.05, 4.69) is 17.0 Å². The van der Waals surface area contributed by atoms with Crippen LogP contribution in [-0.4, -0.2) is 14.6 Å². The summed E-state index contributed by atoms with van der Waals surface area (Å²) in [5.74, 6) is 0. The average molecular weight is 230 g/mol. The van der Waals surface area contributed by atoms with Gasteiger partial charge in [-0.15, -0.1) is 0 Å². The number of nitrogens with zero attached hydrogens (tertiary/aromatic N) is 3. The Hall–Kier alpha value is -0.800. The Morgan fingerprint density at radius 2 is 2.21 bits per heavy atom. The van der Waals surface area contributed by atoms with Gasteiger partial charge in [0.05, 0.1) is 16.9 Å². The Morgan fingerprint density at radius 1 is 1.43 bits per heavy atom. The molecule has 0 aliphatic heterocycles. The van der Waals surface area contributed by atoms with E-state index < -0.39 is 0 Å². The summed E-state index contributed by atoms with van der Waals surface area (Å²) in [6, 6.07) is 1.78. The van der Waals surface area contributed by atoms with E-state index in [-0.39, 0.29) is 0 Å². The van der Waals surface area contributed by atoms with Gasteiger partial charge in [-0.3, -0.25) is 0 Å². The quantitative estimate of drug-likeness (QED) is 0.793. The number of fused-ring (bicyclic) bond motifs is 1. The van der Waals surface area contributed by atoms with Crippen LogP contribution >= 0.6 is 23.2 Å². The molecule has 0 radical (unpaired) electrons. The van der Waals surface area contributed by atoms with E-state index in [1.54, 1.807) is 16.8 Å². The lowest BCUT2D eigenvalue weighted by Crippen LogP contribution is -1.98. The molecule has 2 aromatic rings. The number of hydrogen-bond acceptors (Lipinski definition) is 2. The van der Waals surface area contributed by atoms with Crippen LogP contribution < -0.4 is 0 Å². The van der Waals surface area contributed by atoms with Crippen LogP contribution in [0.15, 0.2) is 12.3 Å². The predicted octanol–water partition coefficient (Wildman–Crippen LogP) is 2.99. The maximum Gasteiger partial charge on any atom is 0.156 e. The second-order valence-electron chi connectivity index (χ2n) is 3.06. The van der Waals surface area contributed by atoms with Crippen molar-refractivity contribution in [2.45, 2.75) is 19.8 Å². The van der Waals surface area contributed by atoms with E-state index in [0.29, 0.717) is 15.8 Å². The molecule has 0 N–H and O–H groups in total. The summed E-state index contributed by atoms with van der Waals surface area (Å²) in [5.41, 5.74) is 1.57. The molecule has 74 valence electrons. The second-order valence-corrected chi connectivity index (χ2v) is 3.85. The highest BCUT2D eigenvalue weighted by molar-refractivity contribution is 6.31. The number of aromatic nitrogens is 3. The number of imidazole rings is 1. The molecular formula is C9H9Cl2N3. The van der Waals surface area contributed by atoms with Crippen molar-refractivity contribution in [3.63, 3.8) is 0 Å². The van der Waals surface area contributed by atoms with E-state index in [9.17, 15) is 0 Å². The minimum atomic E-state index is 0.433. The molecule has 0 fully saturated rings. The fourth-order valence-electron chi connectivity index (χ4n) is 1.32. The summed E-state index contributed by atoms with van der Waals surface area (Å²) in [5, 5.41) is 5.41. The number of rotatable bonds is 2. The average Bonchev–Trinajstić information content (AvgIpc) is 2.45. The highest BCUT2D eigenvalue weighted by atomic mass is 35.5. The first kappa shape index (κ1) is 9.74. The van der Waals surface area contributed by atoms with Crippen LogP contribution in [0, 0.1) is 0 Å². The van der Waals surface area contributed by atoms with Gasteiger partial charge in [-0.05, 0) is 6.42 Å². The van der Waals surface area contributed by atoms with E-state index in [1.165, 1.54) is 0 Å². The fraction of sp³-hybridized carbons (Fsp3) is 0.333. The van der Waals surface area contributed by atoms with E-state index in [4.69, 9.17) is 23.2 Å². The molecule has 14 heavy (non-hydrogen) atoms. The smallest absolute Gasteiger partial charge is 0.156 e. The van der Waals surface area contributed by atoms with Gasteiger partial charge in [0, 0.05) is 6.07 Å². The standard InChI is InChI=1S/C9H9Cl2N3/c1-2-3-7-6(10)4-9-12-8(11)5-14(9)13-7/h4-5H,2-3H2,1H3. The first-order valence-electron chi connectivity index (χ1n) is 4.41. The van der Waals surface area contributed by atoms with Crippen LogP contribution in [0.5, 0.6) is 0 Å². The molecule has 2 heterocycles. The molecule has 0 bridgehead atoms. The molecule has 0 amide bonds. The molecule has 0 aromatic carbocycles. The van der Waals surface area contributed by atoms with Crippen molar-refractivity contribution < 1.29 is 0 Å². The number of aryl methyl sites for hydroxylation is 1. The predicted molar refractivity (Wildman–Crippen MR) is 57.0 cm³/mol. The fourth-order valence-corrected chi connectivity index (χ4v) is 1.72. The summed E-state index contributed by atoms with van der Waals surface area (Å²) in [4.78, 5) is 4.06. The Balaban J connectivity index is 2.58. The van der Waals surface area contributed by atoms with Crippen molar-refractivity contribution in [1.82, 2.24) is 14.6 Å². The normalized spacial score (nSPS) is 11.1. The van der Waals surface area contributed by atoms with Crippen molar-refractivity contribution in [2.75, 3.05) is 0 Å². The topological polar surface area (TPSA) is 30.2 Å². The lowest BCUT2D eigenvalue weighted by atomic mass is 10.2. The third kappa shape index (κ3) is 1.70. The maximum absolute atomic E-state index is 6.03. The summed E-state index contributed by atoms with van der Waals surface area (Å²) in [6.45, 7) is 2.09. The Morgan fingerprint density at radius 3 is 2.93 bits per heavy atom. The minimum absolute atomic E-state index is 0.433. The highest BCUT2D eigenvalue weighted by Crippen LogP contribution is 2.18. The molecular weight excluding hydrogens is 221 g/mol. The third-order valence-electron chi connectivity index (χ3n) is 1.93. The molecule has 5 heteroatoms. The van der Waals surface area contributed by atoms with Gasteiger partial charge in [-0.25, -0.2) is 9.50 Å². The molecule has 0 aliphatic rings. The Kier molecular flexibility index (Phi) is 2.61. The van der Waals surface area contributed by atoms with E-state index in [1.807, 2.05) is 0 Å². The van der Waals surface area contributed by atoms with Gasteiger partial charge in [0.15, 0.2) is 5.65 Å². The molecule has 0 atom stereocenters. The number of halogens is 2. The summed E-state index contributed by atoms with van der Waals surface area (Å²) in [7, 11) is 0. The van der Waals surface area contributed by atoms with Gasteiger partial charge in [0.2, 0.25) is 0 Å². The third-order valence-corrected chi connectivity index (χ3v) is 2.44. The highest BCUT2D eigenvalue weighted by Gasteiger charge is 2.06. The second kappa shape index (κ2) is 3.75. The molecule has 0 saturated carbocycles. The van der Waals surface area contributed by atoms with Crippen LogP contribution in [0.4, 0.5) is 0 Å². The first-order chi connectivity index (χ1) is 6.70. The molecule has 2 aromatic heterocycles. The van der Waals surface area contributed by atoms with Crippen molar-refractivity contribution >= 4 is 28.8 Å². The largest absolute Gasteiger partial charge is 0.219 e. The molecule has 0 aliphatic carbocycles. The molecule has 3 nitrogen and oxygen atoms in total. The molecule has 0 saturated heterocycles. The van der Waals surface area contributed by atoms with Gasteiger partial charge >= 0.3 is 0 Å². The van der Waals surface area contributed by atoms with E-state index >= 15 is 0 Å². The minimum Gasteiger partial charge on any atom is -0.219 e.